The lowest BCUT2D eigenvalue weighted by atomic mass is 10.3. The number of pyridine rings is 1. The summed E-state index contributed by atoms with van der Waals surface area (Å²) in [5, 5.41) is 0.844. The minimum Gasteiger partial charge on any atom is -0.493 e. The molecule has 0 bridgehead atoms. The Balaban J connectivity index is 2.24. The van der Waals surface area contributed by atoms with Crippen LogP contribution >= 0.6 is 23.2 Å². The highest BCUT2D eigenvalue weighted by Gasteiger charge is 2.13. The predicted octanol–water partition coefficient (Wildman–Crippen LogP) is 3.71. The molecule has 1 aromatic carbocycles. The first-order valence-corrected chi connectivity index (χ1v) is 8.03. The Morgan fingerprint density at radius 1 is 1.14 bits per heavy atom. The average molecular weight is 346 g/mol. The van der Waals surface area contributed by atoms with E-state index in [1.54, 1.807) is 31.4 Å². The van der Waals surface area contributed by atoms with Crippen LogP contribution in [0, 0.1) is 0 Å². The summed E-state index contributed by atoms with van der Waals surface area (Å²) in [4.78, 5) is 4.72. The van der Waals surface area contributed by atoms with Crippen LogP contribution in [0.2, 0.25) is 10.0 Å². The lowest BCUT2D eigenvalue weighted by Gasteiger charge is -2.09. The SMILES string of the molecule is COc1ccc([S@@](=O)Cc2ncc(Cl)cc2Cl)cc1OC. The van der Waals surface area contributed by atoms with Crippen molar-refractivity contribution < 1.29 is 13.7 Å². The molecule has 0 aliphatic heterocycles. The van der Waals surface area contributed by atoms with Crippen molar-refractivity contribution in [2.24, 2.45) is 0 Å². The molecule has 2 aromatic rings. The van der Waals surface area contributed by atoms with Gasteiger partial charge in [-0.05, 0) is 18.2 Å². The van der Waals surface area contributed by atoms with E-state index in [0.717, 1.165) is 0 Å². The van der Waals surface area contributed by atoms with E-state index in [4.69, 9.17) is 32.7 Å². The number of methoxy groups -OCH3 is 2. The van der Waals surface area contributed by atoms with E-state index in [-0.39, 0.29) is 5.75 Å². The fraction of sp³-hybridized carbons (Fsp3) is 0.214. The van der Waals surface area contributed by atoms with Crippen LogP contribution in [0.5, 0.6) is 11.5 Å². The van der Waals surface area contributed by atoms with Crippen molar-refractivity contribution in [3.8, 4) is 11.5 Å². The Hall–Kier alpha value is -1.30. The Bertz CT molecular complexity index is 679. The first-order valence-electron chi connectivity index (χ1n) is 5.95. The highest BCUT2D eigenvalue weighted by molar-refractivity contribution is 7.84. The molecule has 0 amide bonds. The number of nitrogens with zero attached hydrogens (tertiary/aromatic N) is 1. The summed E-state index contributed by atoms with van der Waals surface area (Å²) in [5.74, 6) is 1.31. The molecule has 1 heterocycles. The van der Waals surface area contributed by atoms with Gasteiger partial charge in [0.15, 0.2) is 11.5 Å². The number of halogens is 2. The van der Waals surface area contributed by atoms with E-state index in [9.17, 15) is 4.21 Å². The van der Waals surface area contributed by atoms with Crippen molar-refractivity contribution in [3.63, 3.8) is 0 Å². The zero-order valence-electron chi connectivity index (χ0n) is 11.4. The molecule has 0 spiro atoms. The molecule has 0 fully saturated rings. The fourth-order valence-corrected chi connectivity index (χ4v) is 3.34. The van der Waals surface area contributed by atoms with Gasteiger partial charge in [0.1, 0.15) is 0 Å². The molecule has 0 N–H and O–H groups in total. The third kappa shape index (κ3) is 3.87. The van der Waals surface area contributed by atoms with Gasteiger partial charge in [-0.3, -0.25) is 9.19 Å². The first-order chi connectivity index (χ1) is 10.0. The molecule has 0 aliphatic rings. The second-order valence-corrected chi connectivity index (χ2v) is 6.38. The van der Waals surface area contributed by atoms with Crippen LogP contribution < -0.4 is 9.47 Å². The highest BCUT2D eigenvalue weighted by Crippen LogP contribution is 2.30. The van der Waals surface area contributed by atoms with Crippen molar-refractivity contribution in [2.75, 3.05) is 14.2 Å². The van der Waals surface area contributed by atoms with Crippen LogP contribution in [0.15, 0.2) is 35.4 Å². The molecule has 0 aliphatic carbocycles. The Kier molecular flexibility index (Phi) is 5.45. The van der Waals surface area contributed by atoms with Crippen LogP contribution in [-0.2, 0) is 16.6 Å². The van der Waals surface area contributed by atoms with E-state index < -0.39 is 10.8 Å². The fourth-order valence-electron chi connectivity index (χ4n) is 1.71. The maximum absolute atomic E-state index is 12.4. The molecule has 21 heavy (non-hydrogen) atoms. The number of benzene rings is 1. The summed E-state index contributed by atoms with van der Waals surface area (Å²) in [7, 11) is 1.78. The van der Waals surface area contributed by atoms with E-state index in [2.05, 4.69) is 4.98 Å². The van der Waals surface area contributed by atoms with Crippen molar-refractivity contribution in [1.29, 1.82) is 0 Å². The van der Waals surface area contributed by atoms with Crippen LogP contribution in [0.4, 0.5) is 0 Å². The first kappa shape index (κ1) is 16.1. The Morgan fingerprint density at radius 3 is 2.48 bits per heavy atom. The van der Waals surface area contributed by atoms with Gasteiger partial charge >= 0.3 is 0 Å². The summed E-state index contributed by atoms with van der Waals surface area (Å²) in [5.41, 5.74) is 0.536. The van der Waals surface area contributed by atoms with Crippen molar-refractivity contribution >= 4 is 34.0 Å². The van der Waals surface area contributed by atoms with Gasteiger partial charge in [-0.1, -0.05) is 23.2 Å². The monoisotopic (exact) mass is 345 g/mol. The molecule has 4 nitrogen and oxygen atoms in total. The van der Waals surface area contributed by atoms with Crippen LogP contribution in [0.1, 0.15) is 5.69 Å². The topological polar surface area (TPSA) is 48.4 Å². The van der Waals surface area contributed by atoms with Gasteiger partial charge in [-0.25, -0.2) is 0 Å². The zero-order chi connectivity index (χ0) is 15.4. The molecule has 2 rings (SSSR count). The standard InChI is InChI=1S/C14H13Cl2NO3S/c1-19-13-4-3-10(6-14(13)20-2)21(18)8-12-11(16)5-9(15)7-17-12/h3-7H,8H2,1-2H3/t21-/m0/s1. The van der Waals surface area contributed by atoms with E-state index in [1.165, 1.54) is 13.3 Å². The van der Waals surface area contributed by atoms with Gasteiger partial charge in [-0.2, -0.15) is 0 Å². The quantitative estimate of drug-likeness (QED) is 0.828. The number of hydrogen-bond acceptors (Lipinski definition) is 4. The van der Waals surface area contributed by atoms with Crippen LogP contribution in [0.3, 0.4) is 0 Å². The van der Waals surface area contributed by atoms with E-state index in [0.29, 0.717) is 32.1 Å². The minimum atomic E-state index is -1.30. The molecule has 112 valence electrons. The molecule has 0 unspecified atom stereocenters. The molecule has 1 aromatic heterocycles. The molecule has 0 radical (unpaired) electrons. The maximum Gasteiger partial charge on any atom is 0.161 e. The number of rotatable bonds is 5. The summed E-state index contributed by atoms with van der Waals surface area (Å²) in [6, 6.07) is 6.69. The number of ether oxygens (including phenoxy) is 2. The maximum atomic E-state index is 12.4. The molecule has 0 saturated heterocycles. The summed E-state index contributed by atoms with van der Waals surface area (Å²) in [6.07, 6.45) is 1.48. The van der Waals surface area contributed by atoms with Crippen LogP contribution in [0.25, 0.3) is 0 Å². The Morgan fingerprint density at radius 2 is 1.86 bits per heavy atom. The minimum absolute atomic E-state index is 0.200. The average Bonchev–Trinajstić information content (AvgIpc) is 2.49. The zero-order valence-corrected chi connectivity index (χ0v) is 13.8. The normalized spacial score (nSPS) is 12.0. The predicted molar refractivity (Wildman–Crippen MR) is 83.9 cm³/mol. The molecule has 1 atom stereocenters. The molecule has 0 saturated carbocycles. The molecule has 7 heteroatoms. The summed E-state index contributed by atoms with van der Waals surface area (Å²) >= 11 is 11.8. The van der Waals surface area contributed by atoms with Gasteiger partial charge in [0.25, 0.3) is 0 Å². The third-order valence-corrected chi connectivity index (χ3v) is 4.62. The van der Waals surface area contributed by atoms with Gasteiger partial charge < -0.3 is 9.47 Å². The van der Waals surface area contributed by atoms with E-state index in [1.807, 2.05) is 0 Å². The smallest absolute Gasteiger partial charge is 0.161 e. The summed E-state index contributed by atoms with van der Waals surface area (Å²) < 4.78 is 22.7. The van der Waals surface area contributed by atoms with Crippen molar-refractivity contribution in [2.45, 2.75) is 10.6 Å². The van der Waals surface area contributed by atoms with Crippen molar-refractivity contribution in [3.05, 3.63) is 46.2 Å². The number of aromatic nitrogens is 1. The second kappa shape index (κ2) is 7.11. The number of hydrogen-bond donors (Lipinski definition) is 0. The van der Waals surface area contributed by atoms with Gasteiger partial charge in [-0.15, -0.1) is 0 Å². The molecular formula is C14H13Cl2NO3S. The lowest BCUT2D eigenvalue weighted by Crippen LogP contribution is -2.01. The van der Waals surface area contributed by atoms with Gasteiger partial charge in [0.05, 0.1) is 46.5 Å². The van der Waals surface area contributed by atoms with Crippen molar-refractivity contribution in [1.82, 2.24) is 4.98 Å². The highest BCUT2D eigenvalue weighted by atomic mass is 35.5. The Labute approximate surface area is 135 Å². The second-order valence-electron chi connectivity index (χ2n) is 4.09. The summed E-state index contributed by atoms with van der Waals surface area (Å²) in [6.45, 7) is 0. The van der Waals surface area contributed by atoms with Gasteiger partial charge in [0.2, 0.25) is 0 Å². The largest absolute Gasteiger partial charge is 0.493 e. The third-order valence-electron chi connectivity index (χ3n) is 2.77. The lowest BCUT2D eigenvalue weighted by molar-refractivity contribution is 0.354. The van der Waals surface area contributed by atoms with E-state index >= 15 is 0 Å². The van der Waals surface area contributed by atoms with Gasteiger partial charge in [0, 0.05) is 17.2 Å². The molecular weight excluding hydrogens is 333 g/mol. The van der Waals surface area contributed by atoms with Crippen LogP contribution in [-0.4, -0.2) is 23.4 Å².